The van der Waals surface area contributed by atoms with Gasteiger partial charge in [0.15, 0.2) is 0 Å². The van der Waals surface area contributed by atoms with E-state index in [9.17, 15) is 8.42 Å². The third-order valence-electron chi connectivity index (χ3n) is 2.63. The highest BCUT2D eigenvalue weighted by molar-refractivity contribution is 7.89. The van der Waals surface area contributed by atoms with Gasteiger partial charge in [0.2, 0.25) is 10.0 Å². The van der Waals surface area contributed by atoms with Crippen molar-refractivity contribution >= 4 is 32.4 Å². The zero-order valence-corrected chi connectivity index (χ0v) is 11.2. The van der Waals surface area contributed by atoms with E-state index in [1.165, 1.54) is 13.4 Å². The van der Waals surface area contributed by atoms with E-state index >= 15 is 0 Å². The smallest absolute Gasteiger partial charge is 0.213 e. The molecule has 1 aromatic carbocycles. The minimum atomic E-state index is -3.23. The summed E-state index contributed by atoms with van der Waals surface area (Å²) in [4.78, 5) is 8.22. The third-order valence-corrected chi connectivity index (χ3v) is 4.00. The summed E-state index contributed by atoms with van der Waals surface area (Å²) in [5.74, 6) is 0.570. The largest absolute Gasteiger partial charge is 0.399 e. The number of nitrogens with one attached hydrogen (secondary N) is 2. The van der Waals surface area contributed by atoms with E-state index in [0.29, 0.717) is 17.0 Å². The molecule has 0 unspecified atom stereocenters. The fourth-order valence-electron chi connectivity index (χ4n) is 1.62. The Hall–Kier alpha value is -1.93. The molecule has 102 valence electrons. The van der Waals surface area contributed by atoms with Crippen LogP contribution in [0.2, 0.25) is 0 Å². The first-order chi connectivity index (χ1) is 9.02. The number of nitrogen functional groups attached to an aromatic ring is 1. The van der Waals surface area contributed by atoms with Crippen LogP contribution in [0.1, 0.15) is 0 Å². The molecule has 0 aliphatic heterocycles. The number of benzene rings is 1. The second kappa shape index (κ2) is 5.37. The molecule has 1 heterocycles. The monoisotopic (exact) mass is 281 g/mol. The molecule has 0 bridgehead atoms. The van der Waals surface area contributed by atoms with E-state index in [0.717, 1.165) is 5.39 Å². The van der Waals surface area contributed by atoms with Gasteiger partial charge in [-0.3, -0.25) is 0 Å². The van der Waals surface area contributed by atoms with Crippen molar-refractivity contribution in [2.75, 3.05) is 30.4 Å². The number of sulfonamides is 1. The van der Waals surface area contributed by atoms with Crippen LogP contribution in [0, 0.1) is 0 Å². The van der Waals surface area contributed by atoms with Gasteiger partial charge < -0.3 is 11.1 Å². The van der Waals surface area contributed by atoms with Crippen molar-refractivity contribution in [2.24, 2.45) is 0 Å². The van der Waals surface area contributed by atoms with Crippen molar-refractivity contribution in [3.63, 3.8) is 0 Å². The van der Waals surface area contributed by atoms with Gasteiger partial charge in [0.25, 0.3) is 0 Å². The average Bonchev–Trinajstić information content (AvgIpc) is 2.38. The van der Waals surface area contributed by atoms with E-state index in [1.54, 1.807) is 18.2 Å². The van der Waals surface area contributed by atoms with Gasteiger partial charge >= 0.3 is 0 Å². The molecule has 0 atom stereocenters. The summed E-state index contributed by atoms with van der Waals surface area (Å²) in [6.07, 6.45) is 1.41. The molecule has 7 nitrogen and oxygen atoms in total. The second-order valence-corrected chi connectivity index (χ2v) is 5.99. The van der Waals surface area contributed by atoms with Gasteiger partial charge in [0.1, 0.15) is 12.1 Å². The van der Waals surface area contributed by atoms with Crippen LogP contribution in [0.3, 0.4) is 0 Å². The maximum Gasteiger partial charge on any atom is 0.213 e. The SMILES string of the molecule is CNS(=O)(=O)CCNc1ncnc2cc(N)ccc12. The second-order valence-electron chi connectivity index (χ2n) is 3.95. The van der Waals surface area contributed by atoms with Crippen LogP contribution in [0.4, 0.5) is 11.5 Å². The molecule has 19 heavy (non-hydrogen) atoms. The standard InChI is InChI=1S/C11H15N5O2S/c1-13-19(17,18)5-4-14-11-9-3-2-8(12)6-10(9)15-7-16-11/h2-3,6-7,13H,4-5,12H2,1H3,(H,14,15,16). The summed E-state index contributed by atoms with van der Waals surface area (Å²) in [7, 11) is -1.84. The predicted octanol–water partition coefficient (Wildman–Crippen LogP) is 0.173. The molecule has 0 amide bonds. The zero-order chi connectivity index (χ0) is 13.9. The highest BCUT2D eigenvalue weighted by Gasteiger charge is 2.08. The Morgan fingerprint density at radius 2 is 2.11 bits per heavy atom. The third kappa shape index (κ3) is 3.30. The molecular weight excluding hydrogens is 266 g/mol. The van der Waals surface area contributed by atoms with E-state index in [-0.39, 0.29) is 12.3 Å². The van der Waals surface area contributed by atoms with Gasteiger partial charge in [0, 0.05) is 17.6 Å². The minimum absolute atomic E-state index is 0.0238. The number of aromatic nitrogens is 2. The Kier molecular flexibility index (Phi) is 3.82. The molecular formula is C11H15N5O2S. The fraction of sp³-hybridized carbons (Fsp3) is 0.273. The van der Waals surface area contributed by atoms with Gasteiger partial charge in [-0.2, -0.15) is 0 Å². The molecule has 0 saturated carbocycles. The lowest BCUT2D eigenvalue weighted by atomic mass is 10.2. The molecule has 4 N–H and O–H groups in total. The van der Waals surface area contributed by atoms with Crippen LogP contribution in [-0.2, 0) is 10.0 Å². The molecule has 0 radical (unpaired) electrons. The van der Waals surface area contributed by atoms with Crippen molar-refractivity contribution in [1.29, 1.82) is 0 Å². The molecule has 0 fully saturated rings. The number of hydrogen-bond donors (Lipinski definition) is 3. The number of hydrogen-bond acceptors (Lipinski definition) is 6. The first-order valence-electron chi connectivity index (χ1n) is 5.67. The van der Waals surface area contributed by atoms with Crippen molar-refractivity contribution < 1.29 is 8.42 Å². The van der Waals surface area contributed by atoms with Crippen LogP contribution in [0.5, 0.6) is 0 Å². The number of nitrogens with two attached hydrogens (primary N) is 1. The van der Waals surface area contributed by atoms with Gasteiger partial charge in [-0.05, 0) is 25.2 Å². The summed E-state index contributed by atoms with van der Waals surface area (Å²) >= 11 is 0. The van der Waals surface area contributed by atoms with Gasteiger partial charge in [0.05, 0.1) is 11.3 Å². The number of nitrogens with zero attached hydrogens (tertiary/aromatic N) is 2. The van der Waals surface area contributed by atoms with Crippen molar-refractivity contribution in [3.8, 4) is 0 Å². The maximum atomic E-state index is 11.3. The molecule has 2 aromatic rings. The van der Waals surface area contributed by atoms with Crippen molar-refractivity contribution in [2.45, 2.75) is 0 Å². The maximum absolute atomic E-state index is 11.3. The summed E-state index contributed by atoms with van der Waals surface area (Å²) in [5.41, 5.74) is 7.02. The molecule has 0 saturated heterocycles. The number of rotatable bonds is 5. The van der Waals surface area contributed by atoms with Crippen LogP contribution in [0.15, 0.2) is 24.5 Å². The van der Waals surface area contributed by atoms with Crippen molar-refractivity contribution in [1.82, 2.24) is 14.7 Å². The zero-order valence-electron chi connectivity index (χ0n) is 10.4. The van der Waals surface area contributed by atoms with E-state index in [4.69, 9.17) is 5.73 Å². The van der Waals surface area contributed by atoms with E-state index in [2.05, 4.69) is 20.0 Å². The number of anilines is 2. The lowest BCUT2D eigenvalue weighted by Gasteiger charge is -2.08. The van der Waals surface area contributed by atoms with E-state index < -0.39 is 10.0 Å². The van der Waals surface area contributed by atoms with Crippen LogP contribution < -0.4 is 15.8 Å². The minimum Gasteiger partial charge on any atom is -0.399 e. The normalized spacial score (nSPS) is 11.6. The van der Waals surface area contributed by atoms with Crippen LogP contribution in [-0.4, -0.2) is 37.7 Å². The Bertz CT molecular complexity index is 687. The Morgan fingerprint density at radius 1 is 1.32 bits per heavy atom. The quantitative estimate of drug-likeness (QED) is 0.674. The molecule has 2 rings (SSSR count). The van der Waals surface area contributed by atoms with Gasteiger partial charge in [-0.1, -0.05) is 0 Å². The summed E-state index contributed by atoms with van der Waals surface area (Å²) in [5, 5.41) is 3.79. The van der Waals surface area contributed by atoms with Gasteiger partial charge in [-0.25, -0.2) is 23.1 Å². The molecule has 8 heteroatoms. The first kappa shape index (κ1) is 13.5. The predicted molar refractivity (Wildman–Crippen MR) is 75.3 cm³/mol. The van der Waals surface area contributed by atoms with Crippen LogP contribution >= 0.6 is 0 Å². The van der Waals surface area contributed by atoms with Crippen molar-refractivity contribution in [3.05, 3.63) is 24.5 Å². The highest BCUT2D eigenvalue weighted by atomic mass is 32.2. The molecule has 1 aromatic heterocycles. The molecule has 0 aliphatic rings. The Balaban J connectivity index is 2.17. The lowest BCUT2D eigenvalue weighted by Crippen LogP contribution is -2.26. The van der Waals surface area contributed by atoms with Crippen LogP contribution in [0.25, 0.3) is 10.9 Å². The van der Waals surface area contributed by atoms with Gasteiger partial charge in [-0.15, -0.1) is 0 Å². The fourth-order valence-corrected chi connectivity index (χ4v) is 2.20. The lowest BCUT2D eigenvalue weighted by molar-refractivity contribution is 0.588. The first-order valence-corrected chi connectivity index (χ1v) is 7.32. The molecule has 0 spiro atoms. The molecule has 0 aliphatic carbocycles. The Morgan fingerprint density at radius 3 is 2.84 bits per heavy atom. The average molecular weight is 281 g/mol. The number of fused-ring (bicyclic) bond motifs is 1. The van der Waals surface area contributed by atoms with E-state index in [1.807, 2.05) is 0 Å². The Labute approximate surface area is 111 Å². The summed E-state index contributed by atoms with van der Waals surface area (Å²) in [6.45, 7) is 0.264. The summed E-state index contributed by atoms with van der Waals surface area (Å²) in [6, 6.07) is 5.30. The highest BCUT2D eigenvalue weighted by Crippen LogP contribution is 2.20. The summed E-state index contributed by atoms with van der Waals surface area (Å²) < 4.78 is 24.8. The topological polar surface area (TPSA) is 110 Å².